The molecule has 0 bridgehead atoms. The summed E-state index contributed by atoms with van der Waals surface area (Å²) in [7, 11) is 2.02. The Bertz CT molecular complexity index is 809. The summed E-state index contributed by atoms with van der Waals surface area (Å²) in [5, 5.41) is 0. The van der Waals surface area contributed by atoms with Crippen LogP contribution in [0, 0.1) is 6.92 Å². The molecule has 2 aromatic carbocycles. The van der Waals surface area contributed by atoms with E-state index in [1.165, 1.54) is 0 Å². The highest BCUT2D eigenvalue weighted by molar-refractivity contribution is 9.10. The third-order valence-electron chi connectivity index (χ3n) is 3.59. The van der Waals surface area contributed by atoms with E-state index in [0.29, 0.717) is 0 Å². The minimum Gasteiger partial charge on any atom is -0.612 e. The number of fused-ring (bicyclic) bond motifs is 1. The van der Waals surface area contributed by atoms with Crippen molar-refractivity contribution >= 4 is 38.1 Å². The van der Waals surface area contributed by atoms with Crippen molar-refractivity contribution < 1.29 is 4.55 Å². The molecule has 0 aliphatic heterocycles. The van der Waals surface area contributed by atoms with E-state index in [2.05, 4.69) is 39.6 Å². The van der Waals surface area contributed by atoms with Crippen LogP contribution in [0.2, 0.25) is 0 Å². The van der Waals surface area contributed by atoms with E-state index in [1.54, 1.807) is 6.26 Å². The summed E-state index contributed by atoms with van der Waals surface area (Å²) < 4.78 is 14.6. The van der Waals surface area contributed by atoms with Crippen LogP contribution in [0.3, 0.4) is 0 Å². The van der Waals surface area contributed by atoms with Gasteiger partial charge in [0.05, 0.1) is 11.0 Å². The fourth-order valence-electron chi connectivity index (χ4n) is 2.47. The zero-order valence-corrected chi connectivity index (χ0v) is 14.5. The second-order valence-electron chi connectivity index (χ2n) is 5.06. The number of rotatable bonds is 2. The number of nitrogens with zero attached hydrogens (tertiary/aromatic N) is 2. The monoisotopic (exact) mass is 362 g/mol. The maximum atomic E-state index is 11.5. The topological polar surface area (TPSA) is 40.9 Å². The van der Waals surface area contributed by atoms with Crippen LogP contribution in [0.5, 0.6) is 0 Å². The maximum Gasteiger partial charge on any atom is 0.152 e. The zero-order chi connectivity index (χ0) is 15.1. The quantitative estimate of drug-likeness (QED) is 0.645. The minimum atomic E-state index is -0.954. The van der Waals surface area contributed by atoms with Crippen molar-refractivity contribution in [2.24, 2.45) is 7.05 Å². The van der Waals surface area contributed by atoms with Gasteiger partial charge in [-0.05, 0) is 60.1 Å². The fraction of sp³-hybridized carbons (Fsp3) is 0.188. The molecule has 0 saturated carbocycles. The molecule has 21 heavy (non-hydrogen) atoms. The van der Waals surface area contributed by atoms with Crippen LogP contribution in [0.1, 0.15) is 5.56 Å². The highest BCUT2D eigenvalue weighted by Gasteiger charge is 2.13. The highest BCUT2D eigenvalue weighted by atomic mass is 79.9. The zero-order valence-electron chi connectivity index (χ0n) is 12.1. The van der Waals surface area contributed by atoms with Gasteiger partial charge in [0.25, 0.3) is 0 Å². The Balaban J connectivity index is 2.16. The normalized spacial score (nSPS) is 12.8. The highest BCUT2D eigenvalue weighted by Crippen LogP contribution is 2.28. The van der Waals surface area contributed by atoms with Gasteiger partial charge < -0.3 is 9.12 Å². The molecule has 3 nitrogen and oxygen atoms in total. The molecule has 3 aromatic rings. The first-order valence-electron chi connectivity index (χ1n) is 6.54. The molecule has 0 aliphatic carbocycles. The van der Waals surface area contributed by atoms with Crippen LogP contribution in [0.4, 0.5) is 0 Å². The van der Waals surface area contributed by atoms with Crippen molar-refractivity contribution in [1.29, 1.82) is 0 Å². The average molecular weight is 363 g/mol. The van der Waals surface area contributed by atoms with Crippen molar-refractivity contribution in [3.8, 4) is 11.4 Å². The average Bonchev–Trinajstić information content (AvgIpc) is 2.77. The third-order valence-corrected chi connectivity index (χ3v) is 4.98. The van der Waals surface area contributed by atoms with E-state index < -0.39 is 11.2 Å². The van der Waals surface area contributed by atoms with Crippen molar-refractivity contribution in [2.75, 3.05) is 6.26 Å². The number of halogens is 1. The number of aryl methyl sites for hydroxylation is 2. The molecule has 0 spiro atoms. The van der Waals surface area contributed by atoms with E-state index >= 15 is 0 Å². The lowest BCUT2D eigenvalue weighted by atomic mass is 10.2. The maximum absolute atomic E-state index is 11.5. The number of aromatic nitrogens is 2. The molecule has 3 rings (SSSR count). The molecule has 0 fully saturated rings. The standard InChI is InChI=1S/C16H15BrN2OS/c1-10-8-12(17)9-14-15(10)18-16(19(14)2)11-4-6-13(7-5-11)21(3)20/h4-9H,1-3H3. The van der Waals surface area contributed by atoms with Gasteiger partial charge in [0.15, 0.2) is 4.90 Å². The third kappa shape index (κ3) is 2.61. The number of hydrogen-bond donors (Lipinski definition) is 0. The molecule has 0 radical (unpaired) electrons. The molecule has 1 unspecified atom stereocenters. The first kappa shape index (κ1) is 14.6. The summed E-state index contributed by atoms with van der Waals surface area (Å²) in [5.74, 6) is 0.916. The van der Waals surface area contributed by atoms with Crippen molar-refractivity contribution in [2.45, 2.75) is 11.8 Å². The molecule has 0 saturated heterocycles. The molecule has 108 valence electrons. The molecule has 0 aliphatic rings. The smallest absolute Gasteiger partial charge is 0.152 e. The predicted molar refractivity (Wildman–Crippen MR) is 90.9 cm³/mol. The van der Waals surface area contributed by atoms with Gasteiger partial charge in [0, 0.05) is 17.1 Å². The largest absolute Gasteiger partial charge is 0.612 e. The molecule has 0 amide bonds. The summed E-state index contributed by atoms with van der Waals surface area (Å²) in [6.07, 6.45) is 1.69. The predicted octanol–water partition coefficient (Wildman–Crippen LogP) is 4.05. The summed E-state index contributed by atoms with van der Waals surface area (Å²) in [6, 6.07) is 11.9. The molecule has 0 N–H and O–H groups in total. The molecular weight excluding hydrogens is 348 g/mol. The Kier molecular flexibility index (Phi) is 3.82. The lowest BCUT2D eigenvalue weighted by molar-refractivity contribution is 0.601. The Hall–Kier alpha value is -1.30. The lowest BCUT2D eigenvalue weighted by Gasteiger charge is -2.06. The van der Waals surface area contributed by atoms with Crippen LogP contribution >= 0.6 is 15.9 Å². The first-order chi connectivity index (χ1) is 9.97. The number of hydrogen-bond acceptors (Lipinski definition) is 2. The van der Waals surface area contributed by atoms with Crippen LogP contribution in [0.15, 0.2) is 45.8 Å². The van der Waals surface area contributed by atoms with Crippen molar-refractivity contribution in [1.82, 2.24) is 9.55 Å². The van der Waals surface area contributed by atoms with E-state index in [-0.39, 0.29) is 0 Å². The summed E-state index contributed by atoms with van der Waals surface area (Å²) in [4.78, 5) is 5.59. The van der Waals surface area contributed by atoms with Crippen LogP contribution < -0.4 is 0 Å². The Morgan fingerprint density at radius 1 is 1.19 bits per heavy atom. The van der Waals surface area contributed by atoms with Gasteiger partial charge in [0.1, 0.15) is 12.1 Å². The second kappa shape index (κ2) is 5.48. The lowest BCUT2D eigenvalue weighted by Crippen LogP contribution is -1.97. The summed E-state index contributed by atoms with van der Waals surface area (Å²) >= 11 is 2.58. The van der Waals surface area contributed by atoms with Gasteiger partial charge in [-0.3, -0.25) is 0 Å². The van der Waals surface area contributed by atoms with Crippen molar-refractivity contribution in [3.05, 3.63) is 46.4 Å². The summed E-state index contributed by atoms with van der Waals surface area (Å²) in [5.41, 5.74) is 4.28. The second-order valence-corrected chi connectivity index (χ2v) is 7.36. The van der Waals surface area contributed by atoms with E-state index in [9.17, 15) is 4.55 Å². The Morgan fingerprint density at radius 2 is 1.86 bits per heavy atom. The van der Waals surface area contributed by atoms with Gasteiger partial charge in [-0.1, -0.05) is 15.9 Å². The van der Waals surface area contributed by atoms with Gasteiger partial charge >= 0.3 is 0 Å². The van der Waals surface area contributed by atoms with Crippen LogP contribution in [-0.4, -0.2) is 20.4 Å². The fourth-order valence-corrected chi connectivity index (χ4v) is 3.55. The minimum absolute atomic E-state index is 0.830. The van der Waals surface area contributed by atoms with E-state index in [4.69, 9.17) is 4.98 Å². The van der Waals surface area contributed by atoms with Crippen molar-refractivity contribution in [3.63, 3.8) is 0 Å². The van der Waals surface area contributed by atoms with E-state index in [0.717, 1.165) is 37.4 Å². The SMILES string of the molecule is Cc1cc(Br)cc2c1nc(-c1ccc([S+](C)[O-])cc1)n2C. The van der Waals surface area contributed by atoms with Gasteiger partial charge in [-0.2, -0.15) is 0 Å². The van der Waals surface area contributed by atoms with Gasteiger partial charge in [-0.25, -0.2) is 4.98 Å². The molecule has 1 aromatic heterocycles. The Labute approximate surface area is 135 Å². The molecular formula is C16H15BrN2OS. The summed E-state index contributed by atoms with van der Waals surface area (Å²) in [6.45, 7) is 2.06. The Morgan fingerprint density at radius 3 is 2.48 bits per heavy atom. The first-order valence-corrected chi connectivity index (χ1v) is 8.89. The number of benzene rings is 2. The number of imidazole rings is 1. The molecule has 1 atom stereocenters. The van der Waals surface area contributed by atoms with Gasteiger partial charge in [-0.15, -0.1) is 0 Å². The van der Waals surface area contributed by atoms with E-state index in [1.807, 2.05) is 31.3 Å². The molecule has 1 heterocycles. The molecule has 5 heteroatoms. The van der Waals surface area contributed by atoms with Crippen LogP contribution in [-0.2, 0) is 18.2 Å². The van der Waals surface area contributed by atoms with Crippen LogP contribution in [0.25, 0.3) is 22.4 Å². The van der Waals surface area contributed by atoms with Gasteiger partial charge in [0.2, 0.25) is 0 Å².